The third kappa shape index (κ3) is 3.75. The van der Waals surface area contributed by atoms with E-state index in [0.717, 1.165) is 5.56 Å². The Morgan fingerprint density at radius 2 is 2.00 bits per heavy atom. The predicted octanol–water partition coefficient (Wildman–Crippen LogP) is 1.80. The molecule has 1 aromatic rings. The summed E-state index contributed by atoms with van der Waals surface area (Å²) < 4.78 is 9.79. The summed E-state index contributed by atoms with van der Waals surface area (Å²) in [6.07, 6.45) is 0.491. The second-order valence-electron chi connectivity index (χ2n) is 4.52. The number of methoxy groups -OCH3 is 2. The summed E-state index contributed by atoms with van der Waals surface area (Å²) in [6, 6.07) is 5.17. The molecule has 4 nitrogen and oxygen atoms in total. The van der Waals surface area contributed by atoms with Gasteiger partial charge >= 0.3 is 5.97 Å². The molecule has 0 aliphatic carbocycles. The lowest BCUT2D eigenvalue weighted by Crippen LogP contribution is -2.21. The molecule has 17 heavy (non-hydrogen) atoms. The molecule has 1 rings (SSSR count). The van der Waals surface area contributed by atoms with Crippen LogP contribution in [0.5, 0.6) is 5.75 Å². The van der Waals surface area contributed by atoms with E-state index in [4.69, 9.17) is 4.74 Å². The summed E-state index contributed by atoms with van der Waals surface area (Å²) in [5, 5.41) is 9.73. The molecule has 0 aromatic heterocycles. The Balaban J connectivity index is 3.04. The zero-order chi connectivity index (χ0) is 13.1. The molecular formula is C13H18O4. The molecule has 0 bridgehead atoms. The Labute approximate surface area is 101 Å². The van der Waals surface area contributed by atoms with Crippen molar-refractivity contribution in [1.29, 1.82) is 0 Å². The minimum Gasteiger partial charge on any atom is -0.496 e. The first-order valence-corrected chi connectivity index (χ1v) is 5.35. The molecule has 1 aromatic carbocycles. The third-order valence-corrected chi connectivity index (χ3v) is 2.31. The van der Waals surface area contributed by atoms with Gasteiger partial charge in [-0.25, -0.2) is 4.79 Å². The van der Waals surface area contributed by atoms with Gasteiger partial charge in [0.15, 0.2) is 0 Å². The lowest BCUT2D eigenvalue weighted by molar-refractivity contribution is 0.0597. The van der Waals surface area contributed by atoms with Crippen molar-refractivity contribution >= 4 is 5.97 Å². The topological polar surface area (TPSA) is 55.8 Å². The number of rotatable bonds is 4. The van der Waals surface area contributed by atoms with Crippen LogP contribution < -0.4 is 4.74 Å². The van der Waals surface area contributed by atoms with Gasteiger partial charge in [-0.05, 0) is 31.5 Å². The van der Waals surface area contributed by atoms with Gasteiger partial charge in [-0.2, -0.15) is 0 Å². The summed E-state index contributed by atoms with van der Waals surface area (Å²) in [5.41, 5.74) is 0.495. The largest absolute Gasteiger partial charge is 0.496 e. The van der Waals surface area contributed by atoms with E-state index in [2.05, 4.69) is 4.74 Å². The van der Waals surface area contributed by atoms with Gasteiger partial charge in [0.25, 0.3) is 0 Å². The van der Waals surface area contributed by atoms with Crippen molar-refractivity contribution in [3.63, 3.8) is 0 Å². The van der Waals surface area contributed by atoms with Crippen LogP contribution in [0.4, 0.5) is 0 Å². The fourth-order valence-electron chi connectivity index (χ4n) is 1.62. The molecule has 4 heteroatoms. The normalized spacial score (nSPS) is 11.1. The average Bonchev–Trinajstić information content (AvgIpc) is 2.25. The van der Waals surface area contributed by atoms with Crippen molar-refractivity contribution in [3.8, 4) is 5.75 Å². The van der Waals surface area contributed by atoms with Crippen molar-refractivity contribution < 1.29 is 19.4 Å². The fraction of sp³-hybridized carbons (Fsp3) is 0.462. The van der Waals surface area contributed by atoms with Crippen molar-refractivity contribution in [3.05, 3.63) is 29.3 Å². The number of hydrogen-bond acceptors (Lipinski definition) is 4. The fourth-order valence-corrected chi connectivity index (χ4v) is 1.62. The van der Waals surface area contributed by atoms with Gasteiger partial charge in [-0.1, -0.05) is 6.07 Å². The number of aliphatic hydroxyl groups is 1. The van der Waals surface area contributed by atoms with Crippen LogP contribution in [0.1, 0.15) is 29.8 Å². The smallest absolute Gasteiger partial charge is 0.341 e. The number of ether oxygens (including phenoxy) is 2. The van der Waals surface area contributed by atoms with Crippen molar-refractivity contribution in [2.75, 3.05) is 14.2 Å². The number of hydrogen-bond donors (Lipinski definition) is 1. The van der Waals surface area contributed by atoms with Crippen LogP contribution in [-0.4, -0.2) is 30.9 Å². The molecule has 0 fully saturated rings. The third-order valence-electron chi connectivity index (χ3n) is 2.31. The Hall–Kier alpha value is -1.55. The van der Waals surface area contributed by atoms with Crippen molar-refractivity contribution in [2.24, 2.45) is 0 Å². The van der Waals surface area contributed by atoms with Crippen molar-refractivity contribution in [2.45, 2.75) is 25.9 Å². The summed E-state index contributed by atoms with van der Waals surface area (Å²) in [5.74, 6) is 0.0234. The van der Waals surface area contributed by atoms with Crippen LogP contribution in [0, 0.1) is 0 Å². The molecule has 0 aliphatic rings. The van der Waals surface area contributed by atoms with E-state index in [9.17, 15) is 9.90 Å². The number of carbonyl (C=O) groups excluding carboxylic acids is 1. The Morgan fingerprint density at radius 3 is 2.47 bits per heavy atom. The van der Waals surface area contributed by atoms with Gasteiger partial charge in [0.2, 0.25) is 0 Å². The van der Waals surface area contributed by atoms with Crippen LogP contribution >= 0.6 is 0 Å². The SMILES string of the molecule is COC(=O)c1ccc(CC(C)(C)O)cc1OC. The molecule has 0 aliphatic heterocycles. The van der Waals surface area contributed by atoms with Crippen molar-refractivity contribution in [1.82, 2.24) is 0 Å². The molecule has 0 heterocycles. The molecule has 0 radical (unpaired) electrons. The van der Waals surface area contributed by atoms with Gasteiger partial charge in [-0.15, -0.1) is 0 Å². The molecule has 0 atom stereocenters. The summed E-state index contributed by atoms with van der Waals surface area (Å²) in [7, 11) is 2.82. The molecule has 0 saturated carbocycles. The molecule has 0 saturated heterocycles. The highest BCUT2D eigenvalue weighted by Gasteiger charge is 2.17. The maximum absolute atomic E-state index is 11.4. The Kier molecular flexibility index (Phi) is 4.12. The zero-order valence-electron chi connectivity index (χ0n) is 10.6. The van der Waals surface area contributed by atoms with Gasteiger partial charge < -0.3 is 14.6 Å². The maximum atomic E-state index is 11.4. The van der Waals surface area contributed by atoms with Crippen LogP contribution in [0.3, 0.4) is 0 Å². The Morgan fingerprint density at radius 1 is 1.35 bits per heavy atom. The summed E-state index contributed by atoms with van der Waals surface area (Å²) in [6.45, 7) is 3.46. The van der Waals surface area contributed by atoms with E-state index in [1.54, 1.807) is 32.0 Å². The number of esters is 1. The quantitative estimate of drug-likeness (QED) is 0.813. The molecule has 0 amide bonds. The van der Waals surface area contributed by atoms with E-state index in [0.29, 0.717) is 17.7 Å². The number of carbonyl (C=O) groups is 1. The lowest BCUT2D eigenvalue weighted by atomic mass is 9.97. The van der Waals surface area contributed by atoms with E-state index in [1.807, 2.05) is 0 Å². The monoisotopic (exact) mass is 238 g/mol. The highest BCUT2D eigenvalue weighted by Crippen LogP contribution is 2.23. The molecule has 0 spiro atoms. The first kappa shape index (κ1) is 13.5. The van der Waals surface area contributed by atoms with Gasteiger partial charge in [-0.3, -0.25) is 0 Å². The Bertz CT molecular complexity index is 404. The van der Waals surface area contributed by atoms with E-state index in [-0.39, 0.29) is 0 Å². The highest BCUT2D eigenvalue weighted by atomic mass is 16.5. The van der Waals surface area contributed by atoms with E-state index >= 15 is 0 Å². The predicted molar refractivity (Wildman–Crippen MR) is 64.3 cm³/mol. The van der Waals surface area contributed by atoms with Crippen LogP contribution in [0.15, 0.2) is 18.2 Å². The summed E-state index contributed by atoms with van der Waals surface area (Å²) >= 11 is 0. The van der Waals surface area contributed by atoms with Crippen LogP contribution in [0.2, 0.25) is 0 Å². The summed E-state index contributed by atoms with van der Waals surface area (Å²) in [4.78, 5) is 11.4. The second kappa shape index (κ2) is 5.19. The molecule has 1 N–H and O–H groups in total. The lowest BCUT2D eigenvalue weighted by Gasteiger charge is -2.18. The van der Waals surface area contributed by atoms with Crippen LogP contribution in [0.25, 0.3) is 0 Å². The van der Waals surface area contributed by atoms with Crippen LogP contribution in [-0.2, 0) is 11.2 Å². The molecular weight excluding hydrogens is 220 g/mol. The minimum absolute atomic E-state index is 0.384. The first-order chi connectivity index (χ1) is 7.87. The molecule has 0 unspecified atom stereocenters. The number of benzene rings is 1. The first-order valence-electron chi connectivity index (χ1n) is 5.35. The maximum Gasteiger partial charge on any atom is 0.341 e. The zero-order valence-corrected chi connectivity index (χ0v) is 10.6. The average molecular weight is 238 g/mol. The minimum atomic E-state index is -0.794. The van der Waals surface area contributed by atoms with E-state index in [1.165, 1.54) is 14.2 Å². The highest BCUT2D eigenvalue weighted by molar-refractivity contribution is 5.92. The standard InChI is InChI=1S/C13H18O4/c1-13(2,15)8-9-5-6-10(12(14)17-4)11(7-9)16-3/h5-7,15H,8H2,1-4H3. The van der Waals surface area contributed by atoms with Gasteiger partial charge in [0.1, 0.15) is 11.3 Å². The molecule has 94 valence electrons. The van der Waals surface area contributed by atoms with Gasteiger partial charge in [0.05, 0.1) is 19.8 Å². The second-order valence-corrected chi connectivity index (χ2v) is 4.52. The van der Waals surface area contributed by atoms with Gasteiger partial charge in [0, 0.05) is 6.42 Å². The van der Waals surface area contributed by atoms with E-state index < -0.39 is 11.6 Å².